The van der Waals surface area contributed by atoms with Crippen molar-refractivity contribution in [1.29, 1.82) is 0 Å². The third-order valence-electron chi connectivity index (χ3n) is 5.30. The van der Waals surface area contributed by atoms with Gasteiger partial charge in [0.2, 0.25) is 15.8 Å². The van der Waals surface area contributed by atoms with Gasteiger partial charge in [0.1, 0.15) is 5.82 Å². The zero-order chi connectivity index (χ0) is 24.3. The molecule has 0 radical (unpaired) electrons. The summed E-state index contributed by atoms with van der Waals surface area (Å²) in [5.41, 5.74) is 2.18. The van der Waals surface area contributed by atoms with Gasteiger partial charge >= 0.3 is 5.97 Å². The third kappa shape index (κ3) is 4.85. The Bertz CT molecular complexity index is 1410. The van der Waals surface area contributed by atoms with Crippen molar-refractivity contribution in [3.05, 3.63) is 60.2 Å². The summed E-state index contributed by atoms with van der Waals surface area (Å²) < 4.78 is 38.4. The second kappa shape index (κ2) is 9.74. The molecule has 2 aromatic heterocycles. The number of ether oxygens (including phenoxy) is 1. The van der Waals surface area contributed by atoms with E-state index in [0.29, 0.717) is 30.1 Å². The van der Waals surface area contributed by atoms with Gasteiger partial charge in [-0.15, -0.1) is 0 Å². The Morgan fingerprint density at radius 2 is 1.88 bits per heavy atom. The van der Waals surface area contributed by atoms with Gasteiger partial charge in [-0.2, -0.15) is 4.98 Å². The van der Waals surface area contributed by atoms with E-state index in [4.69, 9.17) is 9.26 Å². The van der Waals surface area contributed by atoms with Gasteiger partial charge in [0.25, 0.3) is 5.89 Å². The molecule has 0 aliphatic heterocycles. The molecule has 0 fully saturated rings. The second-order valence-corrected chi connectivity index (χ2v) is 9.90. The number of aromatic nitrogens is 4. The Kier molecular flexibility index (Phi) is 6.75. The van der Waals surface area contributed by atoms with E-state index in [9.17, 15) is 13.2 Å². The topological polar surface area (TPSA) is 120 Å². The Morgan fingerprint density at radius 3 is 2.59 bits per heavy atom. The molecule has 2 heterocycles. The largest absolute Gasteiger partial charge is 0.456 e. The molecule has 4 rings (SSSR count). The summed E-state index contributed by atoms with van der Waals surface area (Å²) >= 11 is 0. The molecule has 34 heavy (non-hydrogen) atoms. The number of nitrogens with zero attached hydrogens (tertiary/aromatic N) is 5. The van der Waals surface area contributed by atoms with Crippen LogP contribution in [0.5, 0.6) is 0 Å². The van der Waals surface area contributed by atoms with Crippen molar-refractivity contribution in [2.75, 3.05) is 14.1 Å². The molecule has 0 saturated carbocycles. The van der Waals surface area contributed by atoms with Crippen molar-refractivity contribution in [2.45, 2.75) is 37.8 Å². The summed E-state index contributed by atoms with van der Waals surface area (Å²) in [5.74, 6) is 0.893. The summed E-state index contributed by atoms with van der Waals surface area (Å²) in [4.78, 5) is 21.3. The van der Waals surface area contributed by atoms with E-state index in [1.54, 1.807) is 18.2 Å². The standard InChI is InChI=1S/C23H25N5O5S/c1-4-28-19-11-10-17(34(30,31)27(2)3)14-18(19)24-20(28)12-13-22(29)32-15-21-25-23(26-33-21)16-8-6-5-7-9-16/h5-11,14H,4,12-13,15H2,1-3H3. The predicted molar refractivity (Wildman–Crippen MR) is 124 cm³/mol. The number of hydrogen-bond acceptors (Lipinski definition) is 8. The van der Waals surface area contributed by atoms with Crippen molar-refractivity contribution >= 4 is 27.0 Å². The van der Waals surface area contributed by atoms with Crippen molar-refractivity contribution < 1.29 is 22.5 Å². The highest BCUT2D eigenvalue weighted by atomic mass is 32.2. The Hall–Kier alpha value is -3.57. The molecule has 0 unspecified atom stereocenters. The lowest BCUT2D eigenvalue weighted by molar-refractivity contribution is -0.145. The van der Waals surface area contributed by atoms with Crippen LogP contribution >= 0.6 is 0 Å². The number of rotatable bonds is 9. The van der Waals surface area contributed by atoms with Crippen molar-refractivity contribution in [3.8, 4) is 11.4 Å². The lowest BCUT2D eigenvalue weighted by Crippen LogP contribution is -2.22. The maximum absolute atomic E-state index is 12.4. The lowest BCUT2D eigenvalue weighted by Gasteiger charge is -2.11. The summed E-state index contributed by atoms with van der Waals surface area (Å²) in [6.07, 6.45) is 0.446. The number of esters is 1. The van der Waals surface area contributed by atoms with Crippen LogP contribution in [0, 0.1) is 0 Å². The summed E-state index contributed by atoms with van der Waals surface area (Å²) in [6, 6.07) is 14.2. The van der Waals surface area contributed by atoms with Crippen LogP contribution < -0.4 is 0 Å². The molecule has 0 N–H and O–H groups in total. The predicted octanol–water partition coefficient (Wildman–Crippen LogP) is 3.03. The minimum Gasteiger partial charge on any atom is -0.456 e. The fraction of sp³-hybridized carbons (Fsp3) is 0.304. The van der Waals surface area contributed by atoms with Gasteiger partial charge in [-0.05, 0) is 25.1 Å². The fourth-order valence-electron chi connectivity index (χ4n) is 3.52. The number of aryl methyl sites for hydroxylation is 2. The molecular formula is C23H25N5O5S. The van der Waals surface area contributed by atoms with Crippen LogP contribution in [-0.4, -0.2) is 52.5 Å². The van der Waals surface area contributed by atoms with Crippen molar-refractivity contribution in [2.24, 2.45) is 0 Å². The van der Waals surface area contributed by atoms with Gasteiger partial charge in [0, 0.05) is 32.6 Å². The number of carbonyl (C=O) groups is 1. The minimum atomic E-state index is -3.56. The van der Waals surface area contributed by atoms with Crippen LogP contribution in [0.15, 0.2) is 57.9 Å². The number of benzene rings is 2. The van der Waals surface area contributed by atoms with E-state index in [-0.39, 0.29) is 23.8 Å². The zero-order valence-electron chi connectivity index (χ0n) is 19.1. The first kappa shape index (κ1) is 23.6. The van der Waals surface area contributed by atoms with E-state index in [1.165, 1.54) is 14.1 Å². The van der Waals surface area contributed by atoms with Crippen LogP contribution in [0.25, 0.3) is 22.4 Å². The van der Waals surface area contributed by atoms with Gasteiger partial charge in [-0.25, -0.2) is 17.7 Å². The van der Waals surface area contributed by atoms with E-state index in [1.807, 2.05) is 41.8 Å². The third-order valence-corrected chi connectivity index (χ3v) is 7.11. The number of carbonyl (C=O) groups excluding carboxylic acids is 1. The van der Waals surface area contributed by atoms with Gasteiger partial charge < -0.3 is 13.8 Å². The normalized spacial score (nSPS) is 11.9. The average molecular weight is 484 g/mol. The van der Waals surface area contributed by atoms with Crippen LogP contribution in [0.4, 0.5) is 0 Å². The minimum absolute atomic E-state index is 0.103. The Morgan fingerprint density at radius 1 is 1.12 bits per heavy atom. The monoisotopic (exact) mass is 483 g/mol. The number of fused-ring (bicyclic) bond motifs is 1. The molecule has 0 amide bonds. The van der Waals surface area contributed by atoms with E-state index in [2.05, 4.69) is 15.1 Å². The fourth-order valence-corrected chi connectivity index (χ4v) is 4.44. The lowest BCUT2D eigenvalue weighted by atomic mass is 10.2. The first-order valence-corrected chi connectivity index (χ1v) is 12.2. The first-order chi connectivity index (χ1) is 16.3. The highest BCUT2D eigenvalue weighted by molar-refractivity contribution is 7.89. The van der Waals surface area contributed by atoms with Crippen LogP contribution in [0.3, 0.4) is 0 Å². The van der Waals surface area contributed by atoms with E-state index in [0.717, 1.165) is 15.4 Å². The molecule has 0 aliphatic carbocycles. The molecular weight excluding hydrogens is 458 g/mol. The Balaban J connectivity index is 1.41. The first-order valence-electron chi connectivity index (χ1n) is 10.7. The zero-order valence-corrected chi connectivity index (χ0v) is 19.9. The maximum atomic E-state index is 12.4. The summed E-state index contributed by atoms with van der Waals surface area (Å²) in [7, 11) is -0.596. The number of sulfonamides is 1. The van der Waals surface area contributed by atoms with Gasteiger partial charge in [0.15, 0.2) is 6.61 Å². The van der Waals surface area contributed by atoms with Crippen molar-refractivity contribution in [1.82, 2.24) is 24.0 Å². The SMILES string of the molecule is CCn1c(CCC(=O)OCc2nc(-c3ccccc3)no2)nc2cc(S(=O)(=O)N(C)C)ccc21. The maximum Gasteiger partial charge on any atom is 0.306 e. The molecule has 178 valence electrons. The number of hydrogen-bond donors (Lipinski definition) is 0. The Labute approximate surface area is 197 Å². The summed E-state index contributed by atoms with van der Waals surface area (Å²) in [5, 5.41) is 3.90. The number of imidazole rings is 1. The van der Waals surface area contributed by atoms with E-state index >= 15 is 0 Å². The van der Waals surface area contributed by atoms with Crippen LogP contribution in [-0.2, 0) is 39.1 Å². The molecule has 0 bridgehead atoms. The molecule has 0 aliphatic rings. The molecule has 0 atom stereocenters. The molecule has 11 heteroatoms. The molecule has 4 aromatic rings. The van der Waals surface area contributed by atoms with Gasteiger partial charge in [-0.3, -0.25) is 4.79 Å². The van der Waals surface area contributed by atoms with Crippen LogP contribution in [0.2, 0.25) is 0 Å². The van der Waals surface area contributed by atoms with Crippen molar-refractivity contribution in [3.63, 3.8) is 0 Å². The molecule has 2 aromatic carbocycles. The molecule has 0 saturated heterocycles. The average Bonchev–Trinajstić information content (AvgIpc) is 3.45. The molecule has 0 spiro atoms. The van der Waals surface area contributed by atoms with Gasteiger partial charge in [-0.1, -0.05) is 35.5 Å². The highest BCUT2D eigenvalue weighted by Gasteiger charge is 2.20. The van der Waals surface area contributed by atoms with Crippen LogP contribution in [0.1, 0.15) is 25.1 Å². The smallest absolute Gasteiger partial charge is 0.306 e. The summed E-state index contributed by atoms with van der Waals surface area (Å²) in [6.45, 7) is 2.48. The van der Waals surface area contributed by atoms with Gasteiger partial charge in [0.05, 0.1) is 22.3 Å². The molecule has 10 nitrogen and oxygen atoms in total. The highest BCUT2D eigenvalue weighted by Crippen LogP contribution is 2.23. The second-order valence-electron chi connectivity index (χ2n) is 7.75. The van der Waals surface area contributed by atoms with E-state index < -0.39 is 16.0 Å². The quantitative estimate of drug-likeness (QED) is 0.333.